The number of carboxylic acid groups (broad SMARTS) is 1. The Morgan fingerprint density at radius 3 is 2.83 bits per heavy atom. The maximum Gasteiger partial charge on any atom is 0.307 e. The molecule has 3 heterocycles. The Labute approximate surface area is 173 Å². The average molecular weight is 403 g/mol. The molecule has 1 aliphatic heterocycles. The molecule has 4 nitrogen and oxygen atoms in total. The Morgan fingerprint density at radius 1 is 1.10 bits per heavy atom. The number of carbonyl (C=O) groups is 1. The van der Waals surface area contributed by atoms with Crippen LogP contribution in [0.25, 0.3) is 21.0 Å². The summed E-state index contributed by atoms with van der Waals surface area (Å²) in [7, 11) is 0. The van der Waals surface area contributed by atoms with Crippen molar-refractivity contribution >= 4 is 38.3 Å². The molecular weight excluding hydrogens is 380 g/mol. The molecule has 0 aliphatic carbocycles. The van der Waals surface area contributed by atoms with Crippen molar-refractivity contribution in [3.05, 3.63) is 77.3 Å². The molecular formula is C24H22N2O2S. The van der Waals surface area contributed by atoms with Gasteiger partial charge in [0, 0.05) is 16.6 Å². The van der Waals surface area contributed by atoms with Gasteiger partial charge in [0.2, 0.25) is 0 Å². The number of thiophene rings is 1. The molecule has 0 bridgehead atoms. The first-order chi connectivity index (χ1) is 14.2. The Balaban J connectivity index is 1.65. The minimum absolute atomic E-state index is 0.0436. The molecule has 1 saturated heterocycles. The Bertz CT molecular complexity index is 1190. The van der Waals surface area contributed by atoms with E-state index in [0.717, 1.165) is 36.0 Å². The number of carboxylic acids is 1. The third-order valence-corrected chi connectivity index (χ3v) is 6.85. The van der Waals surface area contributed by atoms with E-state index in [1.807, 2.05) is 18.2 Å². The molecule has 29 heavy (non-hydrogen) atoms. The molecule has 1 fully saturated rings. The fourth-order valence-electron chi connectivity index (χ4n) is 4.43. The number of hydrogen-bond donors (Lipinski definition) is 1. The van der Waals surface area contributed by atoms with Gasteiger partial charge in [0.25, 0.3) is 0 Å². The van der Waals surface area contributed by atoms with Crippen molar-refractivity contribution in [1.29, 1.82) is 0 Å². The van der Waals surface area contributed by atoms with Crippen molar-refractivity contribution in [3.63, 3.8) is 0 Å². The van der Waals surface area contributed by atoms with Crippen molar-refractivity contribution in [3.8, 4) is 0 Å². The van der Waals surface area contributed by atoms with Crippen LogP contribution < -0.4 is 0 Å². The van der Waals surface area contributed by atoms with Gasteiger partial charge in [-0.3, -0.25) is 14.7 Å². The largest absolute Gasteiger partial charge is 0.481 e. The fraction of sp³-hybridized carbons (Fsp3) is 0.250. The Kier molecular flexibility index (Phi) is 4.78. The van der Waals surface area contributed by atoms with E-state index in [0.29, 0.717) is 6.54 Å². The molecule has 5 heteroatoms. The van der Waals surface area contributed by atoms with Gasteiger partial charge in [-0.05, 0) is 53.9 Å². The first-order valence-corrected chi connectivity index (χ1v) is 10.9. The summed E-state index contributed by atoms with van der Waals surface area (Å²) in [6, 6.07) is 20.8. The van der Waals surface area contributed by atoms with Crippen LogP contribution in [0.1, 0.15) is 30.1 Å². The number of rotatable bonds is 4. The maximum absolute atomic E-state index is 11.7. The molecule has 0 saturated carbocycles. The molecule has 2 aromatic carbocycles. The first-order valence-electron chi connectivity index (χ1n) is 9.99. The zero-order chi connectivity index (χ0) is 19.8. The topological polar surface area (TPSA) is 53.4 Å². The van der Waals surface area contributed by atoms with Gasteiger partial charge in [-0.1, -0.05) is 42.5 Å². The minimum atomic E-state index is -0.699. The van der Waals surface area contributed by atoms with E-state index >= 15 is 0 Å². The standard InChI is InChI=1S/C24H22N2O2S/c27-24(28)17-7-5-13-26(14-17)23(19-15-29-22-10-4-2-8-18(19)22)21-12-11-16-6-1-3-9-20(16)25-21/h1-4,6,8-12,15,17,23H,5,7,13-14H2,(H,27,28). The zero-order valence-electron chi connectivity index (χ0n) is 16.0. The van der Waals surface area contributed by atoms with Gasteiger partial charge in [0.1, 0.15) is 0 Å². The lowest BCUT2D eigenvalue weighted by molar-refractivity contribution is -0.143. The molecule has 0 radical (unpaired) electrons. The number of para-hydroxylation sites is 1. The summed E-state index contributed by atoms with van der Waals surface area (Å²) < 4.78 is 1.25. The smallest absolute Gasteiger partial charge is 0.307 e. The van der Waals surface area contributed by atoms with Crippen LogP contribution in [0, 0.1) is 5.92 Å². The second-order valence-corrected chi connectivity index (χ2v) is 8.60. The normalized spacial score (nSPS) is 18.8. The fourth-order valence-corrected chi connectivity index (χ4v) is 5.41. The van der Waals surface area contributed by atoms with Crippen molar-refractivity contribution in [2.45, 2.75) is 18.9 Å². The summed E-state index contributed by atoms with van der Waals surface area (Å²) >= 11 is 1.74. The number of piperidine rings is 1. The molecule has 2 aromatic heterocycles. The summed E-state index contributed by atoms with van der Waals surface area (Å²) in [6.07, 6.45) is 1.64. The van der Waals surface area contributed by atoms with Crippen LogP contribution in [-0.2, 0) is 4.79 Å². The lowest BCUT2D eigenvalue weighted by Crippen LogP contribution is -2.41. The van der Waals surface area contributed by atoms with Crippen LogP contribution in [0.2, 0.25) is 0 Å². The third-order valence-electron chi connectivity index (χ3n) is 5.87. The summed E-state index contributed by atoms with van der Waals surface area (Å²) in [5.41, 5.74) is 3.18. The van der Waals surface area contributed by atoms with E-state index in [-0.39, 0.29) is 12.0 Å². The number of nitrogens with zero attached hydrogens (tertiary/aromatic N) is 2. The van der Waals surface area contributed by atoms with E-state index in [9.17, 15) is 9.90 Å². The highest BCUT2D eigenvalue weighted by molar-refractivity contribution is 7.17. The van der Waals surface area contributed by atoms with Crippen molar-refractivity contribution in [2.75, 3.05) is 13.1 Å². The lowest BCUT2D eigenvalue weighted by Gasteiger charge is -2.37. The number of likely N-dealkylation sites (tertiary alicyclic amines) is 1. The second-order valence-electron chi connectivity index (χ2n) is 7.69. The predicted octanol–water partition coefficient (Wildman–Crippen LogP) is 5.34. The summed E-state index contributed by atoms with van der Waals surface area (Å²) in [4.78, 5) is 19.0. The SMILES string of the molecule is O=C(O)C1CCCN(C(c2ccc3ccccc3n2)c2csc3ccccc23)C1. The second kappa shape index (κ2) is 7.58. The number of fused-ring (bicyclic) bond motifs is 2. The van der Waals surface area contributed by atoms with E-state index in [1.54, 1.807) is 11.3 Å². The number of hydrogen-bond acceptors (Lipinski definition) is 4. The molecule has 1 aliphatic rings. The van der Waals surface area contributed by atoms with Crippen molar-refractivity contribution in [2.24, 2.45) is 5.92 Å². The lowest BCUT2D eigenvalue weighted by atomic mass is 9.93. The molecule has 4 aromatic rings. The van der Waals surface area contributed by atoms with Crippen LogP contribution in [0.5, 0.6) is 0 Å². The minimum Gasteiger partial charge on any atom is -0.481 e. The predicted molar refractivity (Wildman–Crippen MR) is 117 cm³/mol. The average Bonchev–Trinajstić information content (AvgIpc) is 3.18. The molecule has 0 spiro atoms. The Hall–Kier alpha value is -2.76. The van der Waals surface area contributed by atoms with Gasteiger partial charge in [-0.15, -0.1) is 11.3 Å². The van der Waals surface area contributed by atoms with Crippen LogP contribution in [0.4, 0.5) is 0 Å². The first kappa shape index (κ1) is 18.3. The summed E-state index contributed by atoms with van der Waals surface area (Å²) in [5.74, 6) is -1.02. The molecule has 146 valence electrons. The van der Waals surface area contributed by atoms with Gasteiger partial charge in [0.15, 0.2) is 0 Å². The van der Waals surface area contributed by atoms with Gasteiger partial charge >= 0.3 is 5.97 Å². The highest BCUT2D eigenvalue weighted by atomic mass is 32.1. The maximum atomic E-state index is 11.7. The molecule has 5 rings (SSSR count). The van der Waals surface area contributed by atoms with Gasteiger partial charge < -0.3 is 5.11 Å². The van der Waals surface area contributed by atoms with E-state index in [4.69, 9.17) is 4.98 Å². The van der Waals surface area contributed by atoms with Crippen LogP contribution in [0.15, 0.2) is 66.0 Å². The number of benzene rings is 2. The van der Waals surface area contributed by atoms with E-state index < -0.39 is 5.97 Å². The van der Waals surface area contributed by atoms with E-state index in [1.165, 1.54) is 15.6 Å². The monoisotopic (exact) mass is 402 g/mol. The van der Waals surface area contributed by atoms with Crippen molar-refractivity contribution < 1.29 is 9.90 Å². The quantitative estimate of drug-likeness (QED) is 0.501. The highest BCUT2D eigenvalue weighted by Crippen LogP contribution is 2.38. The van der Waals surface area contributed by atoms with E-state index in [2.05, 4.69) is 52.7 Å². The summed E-state index contributed by atoms with van der Waals surface area (Å²) in [6.45, 7) is 1.44. The van der Waals surface area contributed by atoms with Crippen molar-refractivity contribution in [1.82, 2.24) is 9.88 Å². The van der Waals surface area contributed by atoms with Gasteiger partial charge in [-0.2, -0.15) is 0 Å². The number of aliphatic carboxylic acids is 1. The highest BCUT2D eigenvalue weighted by Gasteiger charge is 2.33. The summed E-state index contributed by atoms with van der Waals surface area (Å²) in [5, 5.41) is 14.2. The van der Waals surface area contributed by atoms with Crippen LogP contribution in [-0.4, -0.2) is 34.0 Å². The van der Waals surface area contributed by atoms with Crippen LogP contribution in [0.3, 0.4) is 0 Å². The molecule has 1 N–H and O–H groups in total. The molecule has 2 atom stereocenters. The Morgan fingerprint density at radius 2 is 1.93 bits per heavy atom. The van der Waals surface area contributed by atoms with Crippen LogP contribution >= 0.6 is 11.3 Å². The molecule has 2 unspecified atom stereocenters. The van der Waals surface area contributed by atoms with Gasteiger partial charge in [0.05, 0.1) is 23.2 Å². The third kappa shape index (κ3) is 3.41. The zero-order valence-corrected chi connectivity index (χ0v) is 16.8. The number of pyridine rings is 1. The number of aromatic nitrogens is 1. The molecule has 0 amide bonds. The van der Waals surface area contributed by atoms with Gasteiger partial charge in [-0.25, -0.2) is 0 Å².